The molecule has 1 aliphatic heterocycles. The summed E-state index contributed by atoms with van der Waals surface area (Å²) >= 11 is 0. The molecular weight excluding hydrogens is 532 g/mol. The van der Waals surface area contributed by atoms with Crippen molar-refractivity contribution in [2.75, 3.05) is 10.6 Å². The number of hydrogen-bond donors (Lipinski definition) is 2. The normalized spacial score (nSPS) is 17.7. The molecule has 0 fully saturated rings. The summed E-state index contributed by atoms with van der Waals surface area (Å²) in [4.78, 5) is 25.5. The summed E-state index contributed by atoms with van der Waals surface area (Å²) in [7, 11) is -3.79. The number of carbonyl (C=O) groups excluding carboxylic acids is 2. The molecule has 0 bridgehead atoms. The first-order valence-corrected chi connectivity index (χ1v) is 14.5. The molecule has 0 radical (unpaired) electrons. The molecule has 7 heteroatoms. The molecule has 0 spiro atoms. The third-order valence-corrected chi connectivity index (χ3v) is 9.29. The zero-order valence-electron chi connectivity index (χ0n) is 21.6. The van der Waals surface area contributed by atoms with Gasteiger partial charge in [-0.05, 0) is 58.7 Å². The fourth-order valence-electron chi connectivity index (χ4n) is 5.39. The van der Waals surface area contributed by atoms with Crippen molar-refractivity contribution >= 4 is 56.1 Å². The van der Waals surface area contributed by atoms with E-state index in [-0.39, 0.29) is 21.4 Å². The van der Waals surface area contributed by atoms with Crippen LogP contribution < -0.4 is 10.6 Å². The Bertz CT molecular complexity index is 1910. The lowest BCUT2D eigenvalue weighted by Gasteiger charge is -2.13. The second-order valence-electron chi connectivity index (χ2n) is 9.90. The lowest BCUT2D eigenvalue weighted by atomic mass is 9.92. The van der Waals surface area contributed by atoms with E-state index in [0.29, 0.717) is 33.6 Å². The quantitative estimate of drug-likeness (QED) is 0.243. The van der Waals surface area contributed by atoms with Gasteiger partial charge in [0.2, 0.25) is 9.84 Å². The average Bonchev–Trinajstić information content (AvgIpc) is 3.21. The number of rotatable bonds is 4. The maximum absolute atomic E-state index is 13.6. The Morgan fingerprint density at radius 1 is 0.512 bits per heavy atom. The second-order valence-corrected chi connectivity index (χ2v) is 11.8. The molecular formula is C34H22N2O4S. The number of carbonyl (C=O) groups is 2. The summed E-state index contributed by atoms with van der Waals surface area (Å²) in [6.07, 6.45) is 9.88. The fraction of sp³-hybridized carbons (Fsp3) is 0. The first kappa shape index (κ1) is 24.7. The SMILES string of the molecule is O=C1C=Cc2ccccc2/C1=C/Nc1ccc2c(c1)S(=O)(=O)c1cc(N/C=C3/C(=O)C=Cc4ccccc43)ccc1-2. The Morgan fingerprint density at radius 2 is 0.951 bits per heavy atom. The molecule has 7 rings (SSSR count). The molecule has 2 aliphatic carbocycles. The minimum absolute atomic E-state index is 0.123. The number of fused-ring (bicyclic) bond motifs is 5. The van der Waals surface area contributed by atoms with E-state index < -0.39 is 9.84 Å². The monoisotopic (exact) mass is 554 g/mol. The molecule has 0 saturated carbocycles. The van der Waals surface area contributed by atoms with E-state index >= 15 is 0 Å². The van der Waals surface area contributed by atoms with Gasteiger partial charge in [-0.1, -0.05) is 72.8 Å². The van der Waals surface area contributed by atoms with Crippen LogP contribution in [0.5, 0.6) is 0 Å². The minimum Gasteiger partial charge on any atom is -0.361 e. The highest BCUT2D eigenvalue weighted by molar-refractivity contribution is 7.92. The molecule has 41 heavy (non-hydrogen) atoms. The van der Waals surface area contributed by atoms with Gasteiger partial charge in [0.25, 0.3) is 0 Å². The smallest absolute Gasteiger partial charge is 0.207 e. The zero-order chi connectivity index (χ0) is 28.1. The standard InChI is InChI=1S/C34H22N2O4S/c37-31-15-9-21-5-1-3-7-25(21)29(31)19-35-23-11-13-27-28-14-12-24(18-34(28)41(39,40)33(27)17-23)36-20-30-26-8-4-2-6-22(26)10-16-32(30)38/h1-20,35-36H/b29-19-,30-20+. The lowest BCUT2D eigenvalue weighted by molar-refractivity contribution is -0.110. The van der Waals surface area contributed by atoms with Crippen LogP contribution in [0, 0.1) is 0 Å². The van der Waals surface area contributed by atoms with E-state index in [1.54, 1.807) is 61.0 Å². The van der Waals surface area contributed by atoms with Gasteiger partial charge in [-0.25, -0.2) is 8.42 Å². The largest absolute Gasteiger partial charge is 0.361 e. The van der Waals surface area contributed by atoms with Crippen molar-refractivity contribution in [1.29, 1.82) is 0 Å². The summed E-state index contributed by atoms with van der Waals surface area (Å²) in [5.74, 6) is -0.247. The number of hydrogen-bond acceptors (Lipinski definition) is 6. The van der Waals surface area contributed by atoms with Gasteiger partial charge < -0.3 is 10.6 Å². The van der Waals surface area contributed by atoms with Crippen molar-refractivity contribution in [3.05, 3.63) is 132 Å². The van der Waals surface area contributed by atoms with Crippen molar-refractivity contribution in [2.24, 2.45) is 0 Å². The lowest BCUT2D eigenvalue weighted by Crippen LogP contribution is -2.07. The molecule has 3 aliphatic rings. The fourth-order valence-corrected chi connectivity index (χ4v) is 7.13. The maximum atomic E-state index is 13.6. The Labute approximate surface area is 237 Å². The first-order chi connectivity index (χ1) is 19.9. The summed E-state index contributed by atoms with van der Waals surface area (Å²) in [6.45, 7) is 0. The predicted molar refractivity (Wildman–Crippen MR) is 161 cm³/mol. The average molecular weight is 555 g/mol. The van der Waals surface area contributed by atoms with Crippen molar-refractivity contribution in [2.45, 2.75) is 9.79 Å². The molecule has 1 heterocycles. The molecule has 198 valence electrons. The number of anilines is 2. The van der Waals surface area contributed by atoms with Crippen molar-refractivity contribution in [3.63, 3.8) is 0 Å². The van der Waals surface area contributed by atoms with Crippen molar-refractivity contribution in [1.82, 2.24) is 0 Å². The number of allylic oxidation sites excluding steroid dienone is 4. The number of benzene rings is 4. The summed E-state index contributed by atoms with van der Waals surface area (Å²) in [6, 6.07) is 25.6. The molecule has 4 aromatic rings. The topological polar surface area (TPSA) is 92.3 Å². The van der Waals surface area contributed by atoms with Crippen LogP contribution in [0.3, 0.4) is 0 Å². The number of sulfone groups is 1. The van der Waals surface area contributed by atoms with E-state index in [4.69, 9.17) is 0 Å². The molecule has 4 aromatic carbocycles. The van der Waals surface area contributed by atoms with Crippen LogP contribution in [0.4, 0.5) is 11.4 Å². The van der Waals surface area contributed by atoms with Gasteiger partial charge in [-0.3, -0.25) is 9.59 Å². The Hall–Kier alpha value is -5.27. The van der Waals surface area contributed by atoms with E-state index in [2.05, 4.69) is 10.6 Å². The van der Waals surface area contributed by atoms with E-state index in [1.807, 2.05) is 48.5 Å². The summed E-state index contributed by atoms with van der Waals surface area (Å²) in [5, 5.41) is 6.24. The van der Waals surface area contributed by atoms with Gasteiger partial charge in [0.1, 0.15) is 0 Å². The summed E-state index contributed by atoms with van der Waals surface area (Å²) in [5.41, 5.74) is 6.88. The predicted octanol–water partition coefficient (Wildman–Crippen LogP) is 6.60. The minimum atomic E-state index is -3.79. The van der Waals surface area contributed by atoms with Gasteiger partial charge in [0.15, 0.2) is 11.6 Å². The van der Waals surface area contributed by atoms with E-state index in [9.17, 15) is 18.0 Å². The molecule has 0 saturated heterocycles. The molecule has 0 atom stereocenters. The molecule has 0 unspecified atom stereocenters. The van der Waals surface area contributed by atoms with Crippen LogP contribution in [-0.2, 0) is 19.4 Å². The summed E-state index contributed by atoms with van der Waals surface area (Å²) < 4.78 is 27.2. The third kappa shape index (κ3) is 4.15. The zero-order valence-corrected chi connectivity index (χ0v) is 22.4. The molecule has 2 N–H and O–H groups in total. The molecule has 6 nitrogen and oxygen atoms in total. The highest BCUT2D eigenvalue weighted by Gasteiger charge is 2.33. The Morgan fingerprint density at radius 3 is 1.41 bits per heavy atom. The van der Waals surface area contributed by atoms with Crippen LogP contribution in [0.25, 0.3) is 34.4 Å². The second kappa shape index (κ2) is 9.43. The number of nitrogens with one attached hydrogen (secondary N) is 2. The van der Waals surface area contributed by atoms with Crippen LogP contribution in [0.1, 0.15) is 22.3 Å². The van der Waals surface area contributed by atoms with Crippen LogP contribution in [0.2, 0.25) is 0 Å². The van der Waals surface area contributed by atoms with Crippen LogP contribution in [0.15, 0.2) is 119 Å². The third-order valence-electron chi connectivity index (χ3n) is 7.46. The van der Waals surface area contributed by atoms with Gasteiger partial charge in [0, 0.05) is 46.0 Å². The van der Waals surface area contributed by atoms with E-state index in [0.717, 1.165) is 22.3 Å². The van der Waals surface area contributed by atoms with Gasteiger partial charge in [-0.2, -0.15) is 0 Å². The molecule has 0 aromatic heterocycles. The first-order valence-electron chi connectivity index (χ1n) is 13.0. The van der Waals surface area contributed by atoms with Crippen LogP contribution in [-0.4, -0.2) is 20.0 Å². The molecule has 0 amide bonds. The van der Waals surface area contributed by atoms with Gasteiger partial charge in [0.05, 0.1) is 9.79 Å². The van der Waals surface area contributed by atoms with Crippen molar-refractivity contribution in [3.8, 4) is 11.1 Å². The van der Waals surface area contributed by atoms with Crippen LogP contribution >= 0.6 is 0 Å². The van der Waals surface area contributed by atoms with Crippen molar-refractivity contribution < 1.29 is 18.0 Å². The maximum Gasteiger partial charge on any atom is 0.207 e. The van der Waals surface area contributed by atoms with Gasteiger partial charge >= 0.3 is 0 Å². The van der Waals surface area contributed by atoms with E-state index in [1.165, 1.54) is 12.2 Å². The Kier molecular flexibility index (Phi) is 5.69. The number of ketones is 2. The highest BCUT2D eigenvalue weighted by Crippen LogP contribution is 2.45. The highest BCUT2D eigenvalue weighted by atomic mass is 32.2. The van der Waals surface area contributed by atoms with Gasteiger partial charge in [-0.15, -0.1) is 0 Å². The Balaban J connectivity index is 1.18.